The third-order valence-corrected chi connectivity index (χ3v) is 2.51. The van der Waals surface area contributed by atoms with Gasteiger partial charge in [0.2, 0.25) is 0 Å². The van der Waals surface area contributed by atoms with Crippen molar-refractivity contribution in [1.29, 1.82) is 0 Å². The van der Waals surface area contributed by atoms with Crippen LogP contribution >= 0.6 is 0 Å². The predicted molar refractivity (Wildman–Crippen MR) is 79.4 cm³/mol. The van der Waals surface area contributed by atoms with E-state index in [4.69, 9.17) is 9.47 Å². The molecular formula is C16H18O7. The summed E-state index contributed by atoms with van der Waals surface area (Å²) in [6.07, 6.45) is 0.306. The van der Waals surface area contributed by atoms with Crippen LogP contribution in [0.15, 0.2) is 42.5 Å². The molecule has 0 aliphatic heterocycles. The highest BCUT2D eigenvalue weighted by molar-refractivity contribution is 5.91. The maximum atomic E-state index is 11.6. The molecule has 0 radical (unpaired) electrons. The molecule has 0 heterocycles. The zero-order valence-corrected chi connectivity index (χ0v) is 12.6. The Morgan fingerprint density at radius 2 is 1.70 bits per heavy atom. The van der Waals surface area contributed by atoms with Crippen LogP contribution in [0.2, 0.25) is 0 Å². The SMILES string of the molecule is CCOC(=O)/C=C\C(=O)OCCC(O)C(=O)Oc1ccccc1. The molecule has 0 aliphatic rings. The van der Waals surface area contributed by atoms with Crippen molar-refractivity contribution in [2.45, 2.75) is 19.4 Å². The van der Waals surface area contributed by atoms with Crippen LogP contribution in [0.25, 0.3) is 0 Å². The maximum absolute atomic E-state index is 11.6. The molecule has 23 heavy (non-hydrogen) atoms. The van der Waals surface area contributed by atoms with Gasteiger partial charge in [-0.05, 0) is 19.1 Å². The van der Waals surface area contributed by atoms with Crippen LogP contribution < -0.4 is 4.74 Å². The van der Waals surface area contributed by atoms with E-state index in [9.17, 15) is 19.5 Å². The Morgan fingerprint density at radius 1 is 1.09 bits per heavy atom. The van der Waals surface area contributed by atoms with Crippen molar-refractivity contribution in [2.75, 3.05) is 13.2 Å². The summed E-state index contributed by atoms with van der Waals surface area (Å²) >= 11 is 0. The molecule has 0 fully saturated rings. The van der Waals surface area contributed by atoms with E-state index < -0.39 is 24.0 Å². The first kappa shape index (κ1) is 18.4. The molecule has 7 nitrogen and oxygen atoms in total. The maximum Gasteiger partial charge on any atom is 0.340 e. The van der Waals surface area contributed by atoms with Crippen LogP contribution in [0.4, 0.5) is 0 Å². The number of para-hydroxylation sites is 1. The lowest BCUT2D eigenvalue weighted by molar-refractivity contribution is -0.147. The van der Waals surface area contributed by atoms with Crippen molar-refractivity contribution in [2.24, 2.45) is 0 Å². The number of hydrogen-bond donors (Lipinski definition) is 1. The van der Waals surface area contributed by atoms with E-state index >= 15 is 0 Å². The van der Waals surface area contributed by atoms with Crippen LogP contribution in [0.5, 0.6) is 5.75 Å². The molecule has 0 aromatic heterocycles. The number of carbonyl (C=O) groups is 3. The summed E-state index contributed by atoms with van der Waals surface area (Å²) in [5.41, 5.74) is 0. The Kier molecular flexibility index (Phi) is 8.09. The Bertz CT molecular complexity index is 551. The quantitative estimate of drug-likeness (QED) is 0.433. The second kappa shape index (κ2) is 10.1. The Labute approximate surface area is 133 Å². The third kappa shape index (κ3) is 7.77. The van der Waals surface area contributed by atoms with E-state index in [0.717, 1.165) is 12.2 Å². The van der Waals surface area contributed by atoms with E-state index in [0.29, 0.717) is 5.75 Å². The number of benzene rings is 1. The number of aliphatic hydroxyl groups excluding tert-OH is 1. The highest BCUT2D eigenvalue weighted by Crippen LogP contribution is 2.10. The fraction of sp³-hybridized carbons (Fsp3) is 0.312. The van der Waals surface area contributed by atoms with E-state index in [1.165, 1.54) is 0 Å². The first-order valence-electron chi connectivity index (χ1n) is 6.99. The van der Waals surface area contributed by atoms with Gasteiger partial charge in [-0.3, -0.25) is 0 Å². The Hall–Kier alpha value is -2.67. The van der Waals surface area contributed by atoms with E-state index in [1.807, 2.05) is 0 Å². The van der Waals surface area contributed by atoms with Crippen LogP contribution in [-0.2, 0) is 23.9 Å². The Morgan fingerprint density at radius 3 is 2.30 bits per heavy atom. The number of aliphatic hydroxyl groups is 1. The predicted octanol–water partition coefficient (Wildman–Crippen LogP) is 1.01. The van der Waals surface area contributed by atoms with Gasteiger partial charge in [-0.1, -0.05) is 18.2 Å². The minimum atomic E-state index is -1.42. The van der Waals surface area contributed by atoms with Gasteiger partial charge in [-0.25, -0.2) is 14.4 Å². The highest BCUT2D eigenvalue weighted by atomic mass is 16.6. The van der Waals surface area contributed by atoms with Crippen molar-refractivity contribution in [3.8, 4) is 5.75 Å². The summed E-state index contributed by atoms with van der Waals surface area (Å²) in [6, 6.07) is 8.28. The van der Waals surface area contributed by atoms with Gasteiger partial charge < -0.3 is 19.3 Å². The zero-order chi connectivity index (χ0) is 17.1. The lowest BCUT2D eigenvalue weighted by Gasteiger charge is -2.10. The molecule has 0 saturated heterocycles. The standard InChI is InChI=1S/C16H18O7/c1-2-21-14(18)8-9-15(19)22-11-10-13(17)16(20)23-12-6-4-3-5-7-12/h3-9,13,17H,2,10-11H2,1H3/b9-8-. The van der Waals surface area contributed by atoms with Crippen molar-refractivity contribution >= 4 is 17.9 Å². The van der Waals surface area contributed by atoms with Crippen molar-refractivity contribution in [3.63, 3.8) is 0 Å². The second-order valence-electron chi connectivity index (χ2n) is 4.29. The molecule has 7 heteroatoms. The first-order chi connectivity index (χ1) is 11.0. The molecule has 1 atom stereocenters. The highest BCUT2D eigenvalue weighted by Gasteiger charge is 2.17. The van der Waals surface area contributed by atoms with Gasteiger partial charge in [-0.2, -0.15) is 0 Å². The van der Waals surface area contributed by atoms with Crippen LogP contribution in [0.1, 0.15) is 13.3 Å². The van der Waals surface area contributed by atoms with Gasteiger partial charge in [0.15, 0.2) is 6.10 Å². The molecule has 124 valence electrons. The summed E-state index contributed by atoms with van der Waals surface area (Å²) in [4.78, 5) is 33.8. The molecule has 1 rings (SSSR count). The second-order valence-corrected chi connectivity index (χ2v) is 4.29. The van der Waals surface area contributed by atoms with Crippen molar-refractivity contribution in [3.05, 3.63) is 42.5 Å². The average molecular weight is 322 g/mol. The lowest BCUT2D eigenvalue weighted by Crippen LogP contribution is -2.27. The van der Waals surface area contributed by atoms with Crippen molar-refractivity contribution < 1.29 is 33.7 Å². The van der Waals surface area contributed by atoms with Gasteiger partial charge in [0.1, 0.15) is 5.75 Å². The molecule has 0 saturated carbocycles. The third-order valence-electron chi connectivity index (χ3n) is 2.51. The van der Waals surface area contributed by atoms with E-state index in [-0.39, 0.29) is 19.6 Å². The molecule has 1 aromatic rings. The topological polar surface area (TPSA) is 99.1 Å². The average Bonchev–Trinajstić information content (AvgIpc) is 2.54. The number of hydrogen-bond acceptors (Lipinski definition) is 7. The molecule has 1 aromatic carbocycles. The molecule has 0 aliphatic carbocycles. The van der Waals surface area contributed by atoms with Gasteiger partial charge in [0.05, 0.1) is 13.2 Å². The Balaban J connectivity index is 2.27. The van der Waals surface area contributed by atoms with Gasteiger partial charge in [0.25, 0.3) is 0 Å². The lowest BCUT2D eigenvalue weighted by atomic mass is 10.2. The van der Waals surface area contributed by atoms with E-state index in [2.05, 4.69) is 4.74 Å². The summed E-state index contributed by atoms with van der Waals surface area (Å²) in [5.74, 6) is -1.96. The van der Waals surface area contributed by atoms with Gasteiger partial charge >= 0.3 is 17.9 Å². The molecule has 0 spiro atoms. The normalized spacial score (nSPS) is 11.7. The minimum Gasteiger partial charge on any atom is -0.463 e. The number of esters is 3. The van der Waals surface area contributed by atoms with Crippen LogP contribution in [0, 0.1) is 0 Å². The first-order valence-corrected chi connectivity index (χ1v) is 6.99. The summed E-state index contributed by atoms with van der Waals surface area (Å²) < 4.78 is 14.3. The van der Waals surface area contributed by atoms with E-state index in [1.54, 1.807) is 37.3 Å². The summed E-state index contributed by atoms with van der Waals surface area (Å²) in [6.45, 7) is 1.64. The molecule has 0 bridgehead atoms. The fourth-order valence-electron chi connectivity index (χ4n) is 1.44. The number of rotatable bonds is 8. The molecule has 1 unspecified atom stereocenters. The largest absolute Gasteiger partial charge is 0.463 e. The molecule has 1 N–H and O–H groups in total. The summed E-state index contributed by atoms with van der Waals surface area (Å²) in [7, 11) is 0. The smallest absolute Gasteiger partial charge is 0.340 e. The zero-order valence-electron chi connectivity index (χ0n) is 12.6. The summed E-state index contributed by atoms with van der Waals surface area (Å²) in [5, 5.41) is 9.62. The number of ether oxygens (including phenoxy) is 3. The minimum absolute atomic E-state index is 0.120. The van der Waals surface area contributed by atoms with Crippen LogP contribution in [0.3, 0.4) is 0 Å². The van der Waals surface area contributed by atoms with Gasteiger partial charge in [0, 0.05) is 18.6 Å². The monoisotopic (exact) mass is 322 g/mol. The molecule has 0 amide bonds. The van der Waals surface area contributed by atoms with Crippen LogP contribution in [-0.4, -0.2) is 42.3 Å². The van der Waals surface area contributed by atoms with Crippen molar-refractivity contribution in [1.82, 2.24) is 0 Å². The number of carbonyl (C=O) groups excluding carboxylic acids is 3. The van der Waals surface area contributed by atoms with Gasteiger partial charge in [-0.15, -0.1) is 0 Å². The fourth-order valence-corrected chi connectivity index (χ4v) is 1.44. The molecular weight excluding hydrogens is 304 g/mol.